The van der Waals surface area contributed by atoms with E-state index in [-0.39, 0.29) is 0 Å². The first-order valence-electron chi connectivity index (χ1n) is 7.31. The maximum atomic E-state index is 4.57. The molecule has 0 aromatic heterocycles. The van der Waals surface area contributed by atoms with E-state index < -0.39 is 0 Å². The first kappa shape index (κ1) is 13.8. The third-order valence-electron chi connectivity index (χ3n) is 3.71. The van der Waals surface area contributed by atoms with Gasteiger partial charge in [-0.15, -0.1) is 0 Å². The highest BCUT2D eigenvalue weighted by molar-refractivity contribution is 6.14. The zero-order chi connectivity index (χ0) is 14.7. The Labute approximate surface area is 125 Å². The third-order valence-corrected chi connectivity index (χ3v) is 3.71. The summed E-state index contributed by atoms with van der Waals surface area (Å²) in [5.74, 6) is 0. The van der Waals surface area contributed by atoms with Crippen LogP contribution in [0.2, 0.25) is 0 Å². The van der Waals surface area contributed by atoms with E-state index >= 15 is 0 Å². The van der Waals surface area contributed by atoms with E-state index in [1.165, 1.54) is 27.1 Å². The van der Waals surface area contributed by atoms with E-state index in [0.717, 1.165) is 13.1 Å². The largest absolute Gasteiger partial charge is 0.308 e. The van der Waals surface area contributed by atoms with Crippen molar-refractivity contribution in [2.24, 2.45) is 4.99 Å². The molecule has 0 saturated carbocycles. The SMILES string of the molecule is CN(C)CCN=Cc1cc2ccccc2c2ccccc12. The van der Waals surface area contributed by atoms with Crippen molar-refractivity contribution in [3.63, 3.8) is 0 Å². The number of likely N-dealkylation sites (N-methyl/N-ethyl adjacent to an activating group) is 1. The Morgan fingerprint density at radius 2 is 1.57 bits per heavy atom. The van der Waals surface area contributed by atoms with Gasteiger partial charge in [0.05, 0.1) is 6.54 Å². The molecule has 0 aliphatic rings. The van der Waals surface area contributed by atoms with Gasteiger partial charge in [-0.1, -0.05) is 48.5 Å². The average Bonchev–Trinajstić information content (AvgIpc) is 2.51. The van der Waals surface area contributed by atoms with E-state index in [1.54, 1.807) is 0 Å². The van der Waals surface area contributed by atoms with Gasteiger partial charge in [0.15, 0.2) is 0 Å². The van der Waals surface area contributed by atoms with Gasteiger partial charge < -0.3 is 4.90 Å². The molecule has 0 radical (unpaired) electrons. The van der Waals surface area contributed by atoms with Crippen molar-refractivity contribution in [2.75, 3.05) is 27.2 Å². The summed E-state index contributed by atoms with van der Waals surface area (Å²) in [5.41, 5.74) is 1.20. The van der Waals surface area contributed by atoms with Gasteiger partial charge in [-0.05, 0) is 41.7 Å². The molecular weight excluding hydrogens is 256 g/mol. The van der Waals surface area contributed by atoms with E-state index in [1.807, 2.05) is 6.21 Å². The van der Waals surface area contributed by atoms with Gasteiger partial charge >= 0.3 is 0 Å². The zero-order valence-electron chi connectivity index (χ0n) is 12.6. The Morgan fingerprint density at radius 3 is 2.33 bits per heavy atom. The van der Waals surface area contributed by atoms with Crippen LogP contribution in [0.5, 0.6) is 0 Å². The van der Waals surface area contributed by atoms with E-state index in [4.69, 9.17) is 0 Å². The summed E-state index contributed by atoms with van der Waals surface area (Å²) in [6.45, 7) is 1.80. The van der Waals surface area contributed by atoms with Crippen LogP contribution in [0.3, 0.4) is 0 Å². The van der Waals surface area contributed by atoms with Crippen molar-refractivity contribution in [2.45, 2.75) is 0 Å². The van der Waals surface area contributed by atoms with Crippen molar-refractivity contribution in [1.29, 1.82) is 0 Å². The van der Waals surface area contributed by atoms with Crippen LogP contribution in [0.1, 0.15) is 5.56 Å². The molecular formula is C19H20N2. The Balaban J connectivity index is 2.08. The van der Waals surface area contributed by atoms with E-state index in [0.29, 0.717) is 0 Å². The topological polar surface area (TPSA) is 15.6 Å². The second-order valence-electron chi connectivity index (χ2n) is 5.57. The average molecular weight is 276 g/mol. The maximum absolute atomic E-state index is 4.57. The van der Waals surface area contributed by atoms with Crippen LogP contribution in [-0.4, -0.2) is 38.3 Å². The Morgan fingerprint density at radius 1 is 0.905 bits per heavy atom. The molecule has 3 rings (SSSR count). The molecule has 0 N–H and O–H groups in total. The second-order valence-corrected chi connectivity index (χ2v) is 5.57. The molecule has 21 heavy (non-hydrogen) atoms. The minimum absolute atomic E-state index is 0.828. The Kier molecular flexibility index (Phi) is 3.98. The minimum atomic E-state index is 0.828. The predicted molar refractivity (Wildman–Crippen MR) is 92.5 cm³/mol. The van der Waals surface area contributed by atoms with Crippen molar-refractivity contribution in [3.8, 4) is 0 Å². The standard InChI is InChI=1S/C19H20N2/c1-21(2)12-11-20-14-16-13-15-7-3-4-8-17(15)19-10-6-5-9-18(16)19/h3-10,13-14H,11-12H2,1-2H3. The van der Waals surface area contributed by atoms with E-state index in [2.05, 4.69) is 78.6 Å². The lowest BCUT2D eigenvalue weighted by Gasteiger charge is -2.08. The predicted octanol–water partition coefficient (Wildman–Crippen LogP) is 3.97. The lowest BCUT2D eigenvalue weighted by molar-refractivity contribution is 0.421. The van der Waals surface area contributed by atoms with Crippen LogP contribution < -0.4 is 0 Å². The summed E-state index contributed by atoms with van der Waals surface area (Å²) in [6, 6.07) is 19.3. The minimum Gasteiger partial charge on any atom is -0.308 e. The number of nitrogens with zero attached hydrogens (tertiary/aromatic N) is 2. The molecule has 0 atom stereocenters. The summed E-state index contributed by atoms with van der Waals surface area (Å²) < 4.78 is 0. The lowest BCUT2D eigenvalue weighted by atomic mass is 9.98. The number of hydrogen-bond acceptors (Lipinski definition) is 2. The molecule has 0 saturated heterocycles. The molecule has 3 aromatic carbocycles. The normalized spacial score (nSPS) is 12.0. The number of aliphatic imine (C=N–C) groups is 1. The van der Waals surface area contributed by atoms with Gasteiger partial charge in [0.2, 0.25) is 0 Å². The third kappa shape index (κ3) is 2.96. The van der Waals surface area contributed by atoms with Crippen molar-refractivity contribution < 1.29 is 0 Å². The van der Waals surface area contributed by atoms with Gasteiger partial charge in [-0.3, -0.25) is 4.99 Å². The van der Waals surface area contributed by atoms with Crippen LogP contribution in [-0.2, 0) is 0 Å². The molecule has 0 aliphatic heterocycles. The summed E-state index contributed by atoms with van der Waals surface area (Å²) in [4.78, 5) is 6.72. The first-order chi connectivity index (χ1) is 10.3. The van der Waals surface area contributed by atoms with Crippen LogP contribution in [0.15, 0.2) is 59.6 Å². The maximum Gasteiger partial charge on any atom is 0.0516 e. The summed E-state index contributed by atoms with van der Waals surface area (Å²) >= 11 is 0. The second kappa shape index (κ2) is 6.06. The molecule has 0 heterocycles. The zero-order valence-corrected chi connectivity index (χ0v) is 12.6. The molecule has 3 aromatic rings. The van der Waals surface area contributed by atoms with Gasteiger partial charge in [-0.25, -0.2) is 0 Å². The van der Waals surface area contributed by atoms with Gasteiger partial charge in [0.1, 0.15) is 0 Å². The number of benzene rings is 3. The summed E-state index contributed by atoms with van der Waals surface area (Å²) in [5, 5.41) is 5.14. The van der Waals surface area contributed by atoms with Crippen molar-refractivity contribution >= 4 is 27.8 Å². The fraction of sp³-hybridized carbons (Fsp3) is 0.211. The van der Waals surface area contributed by atoms with Crippen LogP contribution in [0.4, 0.5) is 0 Å². The fourth-order valence-corrected chi connectivity index (χ4v) is 2.61. The van der Waals surface area contributed by atoms with Crippen molar-refractivity contribution in [3.05, 3.63) is 60.2 Å². The highest BCUT2D eigenvalue weighted by Gasteiger charge is 2.04. The molecule has 106 valence electrons. The summed E-state index contributed by atoms with van der Waals surface area (Å²) in [6.07, 6.45) is 2.01. The van der Waals surface area contributed by atoms with Crippen LogP contribution in [0.25, 0.3) is 21.5 Å². The van der Waals surface area contributed by atoms with Crippen LogP contribution >= 0.6 is 0 Å². The van der Waals surface area contributed by atoms with E-state index in [9.17, 15) is 0 Å². The molecule has 0 unspecified atom stereocenters. The molecule has 0 spiro atoms. The smallest absolute Gasteiger partial charge is 0.0516 e. The van der Waals surface area contributed by atoms with Gasteiger partial charge in [0, 0.05) is 18.3 Å². The number of rotatable bonds is 4. The van der Waals surface area contributed by atoms with Gasteiger partial charge in [0.25, 0.3) is 0 Å². The number of fused-ring (bicyclic) bond motifs is 3. The molecule has 0 aliphatic carbocycles. The monoisotopic (exact) mass is 276 g/mol. The van der Waals surface area contributed by atoms with Gasteiger partial charge in [-0.2, -0.15) is 0 Å². The molecule has 2 heteroatoms. The first-order valence-corrected chi connectivity index (χ1v) is 7.31. The molecule has 2 nitrogen and oxygen atoms in total. The molecule has 0 fully saturated rings. The Hall–Kier alpha value is -2.19. The number of hydrogen-bond donors (Lipinski definition) is 0. The lowest BCUT2D eigenvalue weighted by Crippen LogP contribution is -2.15. The Bertz CT molecular complexity index is 788. The van der Waals surface area contributed by atoms with Crippen molar-refractivity contribution in [1.82, 2.24) is 4.90 Å². The molecule has 0 amide bonds. The van der Waals surface area contributed by atoms with Crippen LogP contribution in [0, 0.1) is 0 Å². The quantitative estimate of drug-likeness (QED) is 0.520. The summed E-state index contributed by atoms with van der Waals surface area (Å²) in [7, 11) is 4.14. The highest BCUT2D eigenvalue weighted by Crippen LogP contribution is 2.27. The molecule has 0 bridgehead atoms. The highest BCUT2D eigenvalue weighted by atomic mass is 15.1. The fourth-order valence-electron chi connectivity index (χ4n) is 2.61.